The van der Waals surface area contributed by atoms with E-state index in [1.807, 2.05) is 54.7 Å². The number of carbonyl (C=O) groups is 2. The number of nitriles is 1. The number of aromatic nitrogens is 3. The van der Waals surface area contributed by atoms with Gasteiger partial charge in [-0.05, 0) is 68.9 Å². The normalized spacial score (nSPS) is 20.5. The zero-order chi connectivity index (χ0) is 27.7. The van der Waals surface area contributed by atoms with Crippen LogP contribution in [-0.4, -0.2) is 63.2 Å². The number of hydrogen-bond donors (Lipinski definition) is 1. The van der Waals surface area contributed by atoms with Crippen LogP contribution in [0.5, 0.6) is 5.75 Å². The van der Waals surface area contributed by atoms with E-state index in [1.165, 1.54) is 4.90 Å². The first-order valence-corrected chi connectivity index (χ1v) is 13.0. The Hall–Kier alpha value is -4.39. The summed E-state index contributed by atoms with van der Waals surface area (Å²) in [6, 6.07) is 16.0. The number of rotatable bonds is 7. The third-order valence-electron chi connectivity index (χ3n) is 7.04. The van der Waals surface area contributed by atoms with Crippen molar-refractivity contribution < 1.29 is 19.1 Å². The molecule has 0 spiro atoms. The maximum Gasteiger partial charge on any atom is 0.410 e. The van der Waals surface area contributed by atoms with Gasteiger partial charge in [-0.15, -0.1) is 5.10 Å². The lowest BCUT2D eigenvalue weighted by Gasteiger charge is -2.30. The monoisotopic (exact) mass is 528 g/mol. The molecule has 10 nitrogen and oxygen atoms in total. The maximum atomic E-state index is 13.2. The molecule has 2 fully saturated rings. The van der Waals surface area contributed by atoms with Crippen molar-refractivity contribution in [2.24, 2.45) is 11.8 Å². The van der Waals surface area contributed by atoms with Gasteiger partial charge in [0.05, 0.1) is 25.1 Å². The van der Waals surface area contributed by atoms with Gasteiger partial charge >= 0.3 is 6.09 Å². The summed E-state index contributed by atoms with van der Waals surface area (Å²) in [5.41, 5.74) is 2.59. The second-order valence-electron chi connectivity index (χ2n) is 11.0. The molecule has 1 saturated carbocycles. The third kappa shape index (κ3) is 5.72. The quantitative estimate of drug-likeness (QED) is 0.496. The van der Waals surface area contributed by atoms with Crippen molar-refractivity contribution in [3.05, 3.63) is 60.3 Å². The van der Waals surface area contributed by atoms with Crippen molar-refractivity contribution in [1.82, 2.24) is 25.2 Å². The molecular weight excluding hydrogens is 496 g/mol. The number of fused-ring (bicyclic) bond motifs is 1. The van der Waals surface area contributed by atoms with Gasteiger partial charge < -0.3 is 14.8 Å². The highest BCUT2D eigenvalue weighted by Crippen LogP contribution is 2.50. The van der Waals surface area contributed by atoms with Crippen molar-refractivity contribution in [2.45, 2.75) is 51.3 Å². The van der Waals surface area contributed by atoms with Crippen molar-refractivity contribution in [3.8, 4) is 28.8 Å². The van der Waals surface area contributed by atoms with Gasteiger partial charge in [-0.25, -0.2) is 9.48 Å². The molecule has 3 aromatic rings. The minimum Gasteiger partial charge on any atom is -0.496 e. The lowest BCUT2D eigenvalue weighted by atomic mass is 10.1. The highest BCUT2D eigenvalue weighted by molar-refractivity contribution is 5.88. The summed E-state index contributed by atoms with van der Waals surface area (Å²) in [5, 5.41) is 21.1. The van der Waals surface area contributed by atoms with Crippen LogP contribution in [0.25, 0.3) is 16.9 Å². The SMILES string of the molecule is COc1ccccc1-c1cn(-c2ccc(CC(C#N)NC(=O)C3[C@H]4CC4CN3C(=O)OC(C)(C)C)cc2)nn1. The standard InChI is InChI=1S/C29H32N6O4/c1-29(2,3)39-28(37)34-16-19-14-23(19)26(34)27(36)31-20(15-30)13-18-9-11-21(12-10-18)35-17-24(32-33-35)22-7-5-6-8-25(22)38-4/h5-12,17,19-20,23,26H,13-14,16H2,1-4H3,(H,31,36)/t19?,20?,23-,26?/m0/s1. The summed E-state index contributed by atoms with van der Waals surface area (Å²) in [6.07, 6.45) is 2.59. The molecule has 5 rings (SSSR count). The molecule has 1 aliphatic carbocycles. The van der Waals surface area contributed by atoms with Gasteiger partial charge in [0.25, 0.3) is 0 Å². The highest BCUT2D eigenvalue weighted by atomic mass is 16.6. The summed E-state index contributed by atoms with van der Waals surface area (Å²) in [4.78, 5) is 27.4. The van der Waals surface area contributed by atoms with Crippen LogP contribution in [0.4, 0.5) is 4.79 Å². The lowest BCUT2D eigenvalue weighted by molar-refractivity contribution is -0.126. The first-order valence-electron chi connectivity index (χ1n) is 13.0. The van der Waals surface area contributed by atoms with Gasteiger partial charge in [-0.1, -0.05) is 29.5 Å². The molecule has 0 radical (unpaired) electrons. The minimum absolute atomic E-state index is 0.125. The molecule has 1 aromatic heterocycles. The molecule has 2 heterocycles. The zero-order valence-corrected chi connectivity index (χ0v) is 22.5. The number of para-hydroxylation sites is 1. The van der Waals surface area contributed by atoms with Crippen molar-refractivity contribution in [3.63, 3.8) is 0 Å². The van der Waals surface area contributed by atoms with E-state index in [0.29, 0.717) is 30.3 Å². The Kier molecular flexibility index (Phi) is 7.00. The van der Waals surface area contributed by atoms with Crippen LogP contribution in [0.2, 0.25) is 0 Å². The average molecular weight is 529 g/mol. The van der Waals surface area contributed by atoms with Gasteiger partial charge in [0, 0.05) is 18.5 Å². The molecule has 39 heavy (non-hydrogen) atoms. The third-order valence-corrected chi connectivity index (χ3v) is 7.04. The van der Waals surface area contributed by atoms with E-state index in [2.05, 4.69) is 21.7 Å². The van der Waals surface area contributed by atoms with Gasteiger partial charge in [-0.3, -0.25) is 9.69 Å². The largest absolute Gasteiger partial charge is 0.496 e. The lowest BCUT2D eigenvalue weighted by Crippen LogP contribution is -2.52. The van der Waals surface area contributed by atoms with Crippen LogP contribution in [0.15, 0.2) is 54.7 Å². The molecule has 2 aliphatic rings. The fourth-order valence-corrected chi connectivity index (χ4v) is 5.09. The molecule has 1 N–H and O–H groups in total. The summed E-state index contributed by atoms with van der Waals surface area (Å²) in [5.74, 6) is 0.857. The number of ether oxygens (including phenoxy) is 2. The van der Waals surface area contributed by atoms with Crippen LogP contribution in [0, 0.1) is 23.2 Å². The molecule has 2 amide bonds. The number of methoxy groups -OCH3 is 1. The number of carbonyl (C=O) groups excluding carboxylic acids is 2. The molecule has 1 saturated heterocycles. The van der Waals surface area contributed by atoms with E-state index >= 15 is 0 Å². The van der Waals surface area contributed by atoms with Crippen LogP contribution >= 0.6 is 0 Å². The summed E-state index contributed by atoms with van der Waals surface area (Å²) in [7, 11) is 1.62. The molecule has 0 bridgehead atoms. The van der Waals surface area contributed by atoms with Gasteiger partial charge in [0.1, 0.15) is 29.1 Å². The number of piperidine rings is 1. The fraction of sp³-hybridized carbons (Fsp3) is 0.414. The second-order valence-corrected chi connectivity index (χ2v) is 11.0. The van der Waals surface area contributed by atoms with E-state index in [4.69, 9.17) is 9.47 Å². The topological polar surface area (TPSA) is 122 Å². The van der Waals surface area contributed by atoms with Gasteiger partial charge in [0.15, 0.2) is 0 Å². The van der Waals surface area contributed by atoms with Crippen LogP contribution < -0.4 is 10.1 Å². The van der Waals surface area contributed by atoms with Gasteiger partial charge in [-0.2, -0.15) is 5.26 Å². The van der Waals surface area contributed by atoms with Crippen molar-refractivity contribution in [1.29, 1.82) is 5.26 Å². The number of nitrogens with zero attached hydrogens (tertiary/aromatic N) is 5. The molecular formula is C29H32N6O4. The van der Waals surface area contributed by atoms with Crippen LogP contribution in [0.1, 0.15) is 32.8 Å². The number of benzene rings is 2. The summed E-state index contributed by atoms with van der Waals surface area (Å²) >= 11 is 0. The summed E-state index contributed by atoms with van der Waals surface area (Å²) < 4.78 is 12.6. The molecule has 1 aliphatic heterocycles. The Morgan fingerprint density at radius 2 is 1.92 bits per heavy atom. The average Bonchev–Trinajstić information content (AvgIpc) is 3.32. The van der Waals surface area contributed by atoms with Crippen molar-refractivity contribution >= 4 is 12.0 Å². The Bertz CT molecular complexity index is 1400. The van der Waals surface area contributed by atoms with Gasteiger partial charge in [0.2, 0.25) is 5.91 Å². The van der Waals surface area contributed by atoms with E-state index < -0.39 is 23.8 Å². The zero-order valence-electron chi connectivity index (χ0n) is 22.5. The van der Waals surface area contributed by atoms with Crippen LogP contribution in [0.3, 0.4) is 0 Å². The second kappa shape index (κ2) is 10.4. The van der Waals surface area contributed by atoms with E-state index in [9.17, 15) is 14.9 Å². The first kappa shape index (κ1) is 26.2. The molecule has 10 heteroatoms. The first-order chi connectivity index (χ1) is 18.7. The molecule has 2 aromatic carbocycles. The number of hydrogen-bond acceptors (Lipinski definition) is 7. The summed E-state index contributed by atoms with van der Waals surface area (Å²) in [6.45, 7) is 5.92. The smallest absolute Gasteiger partial charge is 0.410 e. The van der Waals surface area contributed by atoms with Crippen LogP contribution in [-0.2, 0) is 16.0 Å². The predicted octanol–water partition coefficient (Wildman–Crippen LogP) is 3.75. The highest BCUT2D eigenvalue weighted by Gasteiger charge is 2.57. The Labute approximate surface area is 227 Å². The van der Waals surface area contributed by atoms with E-state index in [-0.39, 0.29) is 11.8 Å². The Balaban J connectivity index is 1.23. The Morgan fingerprint density at radius 3 is 2.62 bits per heavy atom. The Morgan fingerprint density at radius 1 is 1.18 bits per heavy atom. The van der Waals surface area contributed by atoms with E-state index in [0.717, 1.165) is 23.2 Å². The fourth-order valence-electron chi connectivity index (χ4n) is 5.09. The number of nitrogens with one attached hydrogen (secondary N) is 1. The van der Waals surface area contributed by atoms with E-state index in [1.54, 1.807) is 32.6 Å². The molecule has 3 unspecified atom stereocenters. The minimum atomic E-state index is -0.731. The molecule has 4 atom stereocenters. The number of likely N-dealkylation sites (tertiary alicyclic amines) is 1. The van der Waals surface area contributed by atoms with Crippen molar-refractivity contribution in [2.75, 3.05) is 13.7 Å². The molecule has 202 valence electrons. The number of amides is 2. The predicted molar refractivity (Wildman–Crippen MR) is 143 cm³/mol. The maximum absolute atomic E-state index is 13.2.